The van der Waals surface area contributed by atoms with Gasteiger partial charge in [-0.25, -0.2) is 0 Å². The lowest BCUT2D eigenvalue weighted by Crippen LogP contribution is -2.38. The summed E-state index contributed by atoms with van der Waals surface area (Å²) in [5.74, 6) is 1.21. The molecule has 0 spiro atoms. The van der Waals surface area contributed by atoms with Crippen LogP contribution in [0.5, 0.6) is 11.5 Å². The largest absolute Gasteiger partial charge is 0.492 e. The van der Waals surface area contributed by atoms with Crippen molar-refractivity contribution in [2.75, 3.05) is 13.2 Å². The van der Waals surface area contributed by atoms with Crippen LogP contribution in [0.15, 0.2) is 36.4 Å². The average Bonchev–Trinajstić information content (AvgIpc) is 2.53. The van der Waals surface area contributed by atoms with Gasteiger partial charge in [-0.2, -0.15) is 0 Å². The second kappa shape index (κ2) is 8.77. The number of aryl methyl sites for hydroxylation is 3. The molecular weight excluding hydrogens is 338 g/mol. The molecule has 0 saturated heterocycles. The van der Waals surface area contributed by atoms with Gasteiger partial charge in [-0.05, 0) is 68.7 Å². The van der Waals surface area contributed by atoms with Crippen LogP contribution in [0.3, 0.4) is 0 Å². The first-order valence-electron chi connectivity index (χ1n) is 8.27. The molecule has 0 bridgehead atoms. The standard InChI is InChI=1S/C20H24ClNO3/c1-13-9-14(2)11-18(10-13)25-16(4)20(23)22-7-8-24-17-6-5-15(3)19(21)12-17/h5-6,9-12,16H,7-8H2,1-4H3,(H,22,23)/t16-/m0/s1. The van der Waals surface area contributed by atoms with Gasteiger partial charge in [-0.3, -0.25) is 4.79 Å². The zero-order chi connectivity index (χ0) is 18.4. The monoisotopic (exact) mass is 361 g/mol. The van der Waals surface area contributed by atoms with Gasteiger partial charge in [0.25, 0.3) is 5.91 Å². The van der Waals surface area contributed by atoms with E-state index in [-0.39, 0.29) is 5.91 Å². The molecule has 1 N–H and O–H groups in total. The Balaban J connectivity index is 1.76. The molecule has 2 aromatic rings. The Kier molecular flexibility index (Phi) is 6.71. The van der Waals surface area contributed by atoms with E-state index >= 15 is 0 Å². The summed E-state index contributed by atoms with van der Waals surface area (Å²) in [5, 5.41) is 3.47. The molecule has 5 heteroatoms. The Labute approximate surface area is 154 Å². The number of hydrogen-bond acceptors (Lipinski definition) is 3. The summed E-state index contributed by atoms with van der Waals surface area (Å²) in [6, 6.07) is 11.4. The highest BCUT2D eigenvalue weighted by Gasteiger charge is 2.14. The Hall–Kier alpha value is -2.20. The fourth-order valence-electron chi connectivity index (χ4n) is 2.41. The average molecular weight is 362 g/mol. The summed E-state index contributed by atoms with van der Waals surface area (Å²) in [7, 11) is 0. The van der Waals surface area contributed by atoms with E-state index in [1.807, 2.05) is 45.0 Å². The summed E-state index contributed by atoms with van der Waals surface area (Å²) < 4.78 is 11.3. The Bertz CT molecular complexity index is 725. The van der Waals surface area contributed by atoms with E-state index in [0.717, 1.165) is 16.7 Å². The summed E-state index contributed by atoms with van der Waals surface area (Å²) in [6.07, 6.45) is -0.574. The number of amides is 1. The predicted octanol–water partition coefficient (Wildman–Crippen LogP) is 4.23. The molecule has 134 valence electrons. The van der Waals surface area contributed by atoms with Gasteiger partial charge < -0.3 is 14.8 Å². The van der Waals surface area contributed by atoms with Crippen molar-refractivity contribution in [1.29, 1.82) is 0 Å². The third-order valence-corrected chi connectivity index (χ3v) is 4.10. The van der Waals surface area contributed by atoms with E-state index in [1.54, 1.807) is 13.0 Å². The number of halogens is 1. The first kappa shape index (κ1) is 19.1. The van der Waals surface area contributed by atoms with Gasteiger partial charge in [-0.15, -0.1) is 0 Å². The van der Waals surface area contributed by atoms with Gasteiger partial charge in [0.05, 0.1) is 6.54 Å². The minimum absolute atomic E-state index is 0.176. The van der Waals surface area contributed by atoms with Crippen LogP contribution in [0, 0.1) is 20.8 Å². The molecule has 0 radical (unpaired) electrons. The molecule has 2 aromatic carbocycles. The van der Waals surface area contributed by atoms with E-state index in [2.05, 4.69) is 11.4 Å². The lowest BCUT2D eigenvalue weighted by Gasteiger charge is -2.16. The van der Waals surface area contributed by atoms with Crippen molar-refractivity contribution in [3.63, 3.8) is 0 Å². The zero-order valence-corrected chi connectivity index (χ0v) is 15.8. The molecule has 4 nitrogen and oxygen atoms in total. The number of nitrogens with one attached hydrogen (secondary N) is 1. The van der Waals surface area contributed by atoms with Gasteiger partial charge in [0.2, 0.25) is 0 Å². The fraction of sp³-hybridized carbons (Fsp3) is 0.350. The maximum absolute atomic E-state index is 12.1. The smallest absolute Gasteiger partial charge is 0.260 e. The van der Waals surface area contributed by atoms with Gasteiger partial charge in [0.1, 0.15) is 18.1 Å². The van der Waals surface area contributed by atoms with Crippen molar-refractivity contribution in [3.05, 3.63) is 58.1 Å². The normalized spacial score (nSPS) is 11.7. The minimum atomic E-state index is -0.574. The summed E-state index contributed by atoms with van der Waals surface area (Å²) in [6.45, 7) is 8.42. The first-order chi connectivity index (χ1) is 11.8. The SMILES string of the molecule is Cc1cc(C)cc(O[C@@H](C)C(=O)NCCOc2ccc(C)c(Cl)c2)c1. The summed E-state index contributed by atoms with van der Waals surface area (Å²) in [4.78, 5) is 12.1. The minimum Gasteiger partial charge on any atom is -0.492 e. The maximum Gasteiger partial charge on any atom is 0.260 e. The molecule has 1 atom stereocenters. The highest BCUT2D eigenvalue weighted by atomic mass is 35.5. The van der Waals surface area contributed by atoms with E-state index in [0.29, 0.717) is 29.7 Å². The van der Waals surface area contributed by atoms with Crippen molar-refractivity contribution < 1.29 is 14.3 Å². The lowest BCUT2D eigenvalue weighted by molar-refractivity contribution is -0.127. The number of ether oxygens (including phenoxy) is 2. The molecule has 0 saturated carbocycles. The molecule has 0 fully saturated rings. The zero-order valence-electron chi connectivity index (χ0n) is 15.1. The fourth-order valence-corrected chi connectivity index (χ4v) is 2.58. The van der Waals surface area contributed by atoms with E-state index in [9.17, 15) is 4.79 Å². The topological polar surface area (TPSA) is 47.6 Å². The highest BCUT2D eigenvalue weighted by Crippen LogP contribution is 2.21. The first-order valence-corrected chi connectivity index (χ1v) is 8.64. The molecule has 1 amide bonds. The molecule has 0 unspecified atom stereocenters. The third-order valence-electron chi connectivity index (χ3n) is 3.69. The Morgan fingerprint density at radius 1 is 1.08 bits per heavy atom. The van der Waals surface area contributed by atoms with Gasteiger partial charge >= 0.3 is 0 Å². The van der Waals surface area contributed by atoms with Gasteiger partial charge in [0.15, 0.2) is 6.10 Å². The van der Waals surface area contributed by atoms with E-state index < -0.39 is 6.10 Å². The molecule has 0 aliphatic heterocycles. The quantitative estimate of drug-likeness (QED) is 0.751. The number of hydrogen-bond donors (Lipinski definition) is 1. The van der Waals surface area contributed by atoms with Crippen molar-refractivity contribution in [1.82, 2.24) is 5.32 Å². The molecular formula is C20H24ClNO3. The van der Waals surface area contributed by atoms with Crippen LogP contribution in [0.4, 0.5) is 0 Å². The van der Waals surface area contributed by atoms with Gasteiger partial charge in [0, 0.05) is 5.02 Å². The maximum atomic E-state index is 12.1. The van der Waals surface area contributed by atoms with Crippen LogP contribution >= 0.6 is 11.6 Å². The highest BCUT2D eigenvalue weighted by molar-refractivity contribution is 6.31. The lowest BCUT2D eigenvalue weighted by atomic mass is 10.1. The van der Waals surface area contributed by atoms with Crippen molar-refractivity contribution in [2.24, 2.45) is 0 Å². The summed E-state index contributed by atoms with van der Waals surface area (Å²) >= 11 is 6.05. The molecule has 0 aliphatic carbocycles. The van der Waals surface area contributed by atoms with Crippen LogP contribution in [0.1, 0.15) is 23.6 Å². The number of benzene rings is 2. The van der Waals surface area contributed by atoms with Crippen molar-refractivity contribution in [2.45, 2.75) is 33.8 Å². The number of carbonyl (C=O) groups excluding carboxylic acids is 1. The van der Waals surface area contributed by atoms with Crippen molar-refractivity contribution >= 4 is 17.5 Å². The molecule has 2 rings (SSSR count). The molecule has 25 heavy (non-hydrogen) atoms. The molecule has 0 heterocycles. The molecule has 0 aromatic heterocycles. The Morgan fingerprint density at radius 2 is 1.76 bits per heavy atom. The van der Waals surface area contributed by atoms with Gasteiger partial charge in [-0.1, -0.05) is 23.7 Å². The molecule has 0 aliphatic rings. The van der Waals surface area contributed by atoms with Crippen LogP contribution < -0.4 is 14.8 Å². The van der Waals surface area contributed by atoms with E-state index in [4.69, 9.17) is 21.1 Å². The van der Waals surface area contributed by atoms with Crippen LogP contribution in [0.2, 0.25) is 5.02 Å². The number of carbonyl (C=O) groups is 1. The second-order valence-corrected chi connectivity index (χ2v) is 6.54. The van der Waals surface area contributed by atoms with E-state index in [1.165, 1.54) is 0 Å². The van der Waals surface area contributed by atoms with Crippen molar-refractivity contribution in [3.8, 4) is 11.5 Å². The van der Waals surface area contributed by atoms with Crippen LogP contribution in [-0.4, -0.2) is 25.2 Å². The summed E-state index contributed by atoms with van der Waals surface area (Å²) in [5.41, 5.74) is 3.21. The van der Waals surface area contributed by atoms with Crippen LogP contribution in [-0.2, 0) is 4.79 Å². The third kappa shape index (κ3) is 5.98. The Morgan fingerprint density at radius 3 is 2.40 bits per heavy atom. The van der Waals surface area contributed by atoms with Crippen LogP contribution in [0.25, 0.3) is 0 Å². The predicted molar refractivity (Wildman–Crippen MR) is 101 cm³/mol. The number of rotatable bonds is 7. The second-order valence-electron chi connectivity index (χ2n) is 6.13.